The standard InChI is InChI=1S/C17H30N2O2/c1-2-16(20)19-11-9-14(10-12-19)13-18-17(21)15-7-5-3-4-6-8-15/h14-15H,2-13H2,1H3,(H,18,21). The maximum absolute atomic E-state index is 12.2. The Morgan fingerprint density at radius 1 is 1.00 bits per heavy atom. The summed E-state index contributed by atoms with van der Waals surface area (Å²) in [6.45, 7) is 4.43. The van der Waals surface area contributed by atoms with Crippen molar-refractivity contribution in [3.63, 3.8) is 0 Å². The van der Waals surface area contributed by atoms with Crippen molar-refractivity contribution in [3.8, 4) is 0 Å². The maximum atomic E-state index is 12.2. The molecule has 2 aliphatic rings. The molecule has 120 valence electrons. The number of piperidine rings is 1. The molecule has 1 aliphatic heterocycles. The van der Waals surface area contributed by atoms with Crippen LogP contribution in [0.5, 0.6) is 0 Å². The summed E-state index contributed by atoms with van der Waals surface area (Å²) in [4.78, 5) is 25.8. The first kappa shape index (κ1) is 16.3. The second kappa shape index (κ2) is 8.40. The molecular weight excluding hydrogens is 264 g/mol. The van der Waals surface area contributed by atoms with Crippen LogP contribution in [0.15, 0.2) is 0 Å². The molecule has 0 aromatic heterocycles. The van der Waals surface area contributed by atoms with Crippen LogP contribution < -0.4 is 5.32 Å². The van der Waals surface area contributed by atoms with E-state index in [9.17, 15) is 9.59 Å². The molecule has 21 heavy (non-hydrogen) atoms. The monoisotopic (exact) mass is 294 g/mol. The highest BCUT2D eigenvalue weighted by Crippen LogP contribution is 2.23. The third-order valence-corrected chi connectivity index (χ3v) is 5.06. The minimum atomic E-state index is 0.245. The molecule has 2 rings (SSSR count). The summed E-state index contributed by atoms with van der Waals surface area (Å²) in [5, 5.41) is 3.17. The van der Waals surface area contributed by atoms with Crippen molar-refractivity contribution in [1.29, 1.82) is 0 Å². The van der Waals surface area contributed by atoms with Gasteiger partial charge in [-0.25, -0.2) is 0 Å². The van der Waals surface area contributed by atoms with E-state index >= 15 is 0 Å². The highest BCUT2D eigenvalue weighted by atomic mass is 16.2. The number of nitrogens with one attached hydrogen (secondary N) is 1. The molecule has 0 atom stereocenters. The van der Waals surface area contributed by atoms with E-state index in [1.165, 1.54) is 25.7 Å². The summed E-state index contributed by atoms with van der Waals surface area (Å²) in [7, 11) is 0. The van der Waals surface area contributed by atoms with Gasteiger partial charge in [-0.2, -0.15) is 0 Å². The lowest BCUT2D eigenvalue weighted by molar-refractivity contribution is -0.132. The summed E-state index contributed by atoms with van der Waals surface area (Å²) in [5.41, 5.74) is 0. The number of nitrogens with zero attached hydrogens (tertiary/aromatic N) is 1. The fourth-order valence-corrected chi connectivity index (χ4v) is 3.54. The SMILES string of the molecule is CCC(=O)N1CCC(CNC(=O)C2CCCCCC2)CC1. The molecule has 2 amide bonds. The number of carbonyl (C=O) groups is 2. The molecule has 1 aliphatic carbocycles. The predicted molar refractivity (Wildman–Crippen MR) is 83.8 cm³/mol. The Labute approximate surface area is 128 Å². The van der Waals surface area contributed by atoms with E-state index < -0.39 is 0 Å². The van der Waals surface area contributed by atoms with Crippen molar-refractivity contribution < 1.29 is 9.59 Å². The molecule has 1 saturated heterocycles. The van der Waals surface area contributed by atoms with Crippen molar-refractivity contribution in [3.05, 3.63) is 0 Å². The summed E-state index contributed by atoms with van der Waals surface area (Å²) >= 11 is 0. The van der Waals surface area contributed by atoms with Crippen LogP contribution >= 0.6 is 0 Å². The minimum absolute atomic E-state index is 0.245. The normalized spacial score (nSPS) is 21.9. The van der Waals surface area contributed by atoms with E-state index in [-0.39, 0.29) is 17.7 Å². The average Bonchev–Trinajstić information content (AvgIpc) is 2.81. The van der Waals surface area contributed by atoms with Gasteiger partial charge in [0.15, 0.2) is 0 Å². The number of likely N-dealkylation sites (tertiary alicyclic amines) is 1. The molecule has 0 aromatic rings. The second-order valence-electron chi connectivity index (χ2n) is 6.61. The molecule has 0 aromatic carbocycles. The number of hydrogen-bond acceptors (Lipinski definition) is 2. The van der Waals surface area contributed by atoms with Crippen LogP contribution in [0.3, 0.4) is 0 Å². The van der Waals surface area contributed by atoms with Gasteiger partial charge >= 0.3 is 0 Å². The lowest BCUT2D eigenvalue weighted by Gasteiger charge is -2.32. The molecule has 0 bridgehead atoms. The molecule has 4 heteroatoms. The number of amides is 2. The van der Waals surface area contributed by atoms with Gasteiger partial charge in [0.05, 0.1) is 0 Å². The van der Waals surface area contributed by atoms with Gasteiger partial charge in [-0.15, -0.1) is 0 Å². The fourth-order valence-electron chi connectivity index (χ4n) is 3.54. The summed E-state index contributed by atoms with van der Waals surface area (Å²) in [6, 6.07) is 0. The van der Waals surface area contributed by atoms with E-state index in [1.807, 2.05) is 11.8 Å². The molecular formula is C17H30N2O2. The predicted octanol–water partition coefficient (Wildman–Crippen LogP) is 2.72. The van der Waals surface area contributed by atoms with Gasteiger partial charge in [-0.1, -0.05) is 32.6 Å². The zero-order valence-corrected chi connectivity index (χ0v) is 13.4. The lowest BCUT2D eigenvalue weighted by Crippen LogP contribution is -2.42. The van der Waals surface area contributed by atoms with E-state index in [1.54, 1.807) is 0 Å². The molecule has 0 radical (unpaired) electrons. The van der Waals surface area contributed by atoms with Crippen molar-refractivity contribution >= 4 is 11.8 Å². The maximum Gasteiger partial charge on any atom is 0.223 e. The molecule has 1 heterocycles. The Hall–Kier alpha value is -1.06. The van der Waals surface area contributed by atoms with Crippen LogP contribution in [0, 0.1) is 11.8 Å². The quantitative estimate of drug-likeness (QED) is 0.811. The van der Waals surface area contributed by atoms with Gasteiger partial charge in [0.25, 0.3) is 0 Å². The average molecular weight is 294 g/mol. The first-order valence-corrected chi connectivity index (χ1v) is 8.76. The van der Waals surface area contributed by atoms with E-state index in [4.69, 9.17) is 0 Å². The summed E-state index contributed by atoms with van der Waals surface area (Å²) < 4.78 is 0. The van der Waals surface area contributed by atoms with Gasteiger partial charge in [-0.3, -0.25) is 9.59 Å². The fraction of sp³-hybridized carbons (Fsp3) is 0.882. The molecule has 1 N–H and O–H groups in total. The molecule has 0 spiro atoms. The topological polar surface area (TPSA) is 49.4 Å². The van der Waals surface area contributed by atoms with Gasteiger partial charge in [0.2, 0.25) is 11.8 Å². The van der Waals surface area contributed by atoms with E-state index in [0.29, 0.717) is 12.3 Å². The van der Waals surface area contributed by atoms with Gasteiger partial charge in [-0.05, 0) is 31.6 Å². The Morgan fingerprint density at radius 3 is 2.19 bits per heavy atom. The number of carbonyl (C=O) groups excluding carboxylic acids is 2. The first-order chi connectivity index (χ1) is 10.2. The van der Waals surface area contributed by atoms with Crippen LogP contribution in [-0.2, 0) is 9.59 Å². The summed E-state index contributed by atoms with van der Waals surface area (Å²) in [6.07, 6.45) is 9.76. The van der Waals surface area contributed by atoms with Crippen LogP contribution in [0.1, 0.15) is 64.7 Å². The molecule has 2 fully saturated rings. The van der Waals surface area contributed by atoms with Crippen molar-refractivity contribution in [2.75, 3.05) is 19.6 Å². The van der Waals surface area contributed by atoms with Crippen LogP contribution in [0.4, 0.5) is 0 Å². The largest absolute Gasteiger partial charge is 0.356 e. The van der Waals surface area contributed by atoms with Gasteiger partial charge in [0.1, 0.15) is 0 Å². The minimum Gasteiger partial charge on any atom is -0.356 e. The van der Waals surface area contributed by atoms with Crippen LogP contribution in [0.25, 0.3) is 0 Å². The van der Waals surface area contributed by atoms with Crippen molar-refractivity contribution in [2.45, 2.75) is 64.7 Å². The van der Waals surface area contributed by atoms with Crippen molar-refractivity contribution in [2.24, 2.45) is 11.8 Å². The number of rotatable bonds is 4. The third kappa shape index (κ3) is 5.01. The molecule has 0 unspecified atom stereocenters. The third-order valence-electron chi connectivity index (χ3n) is 5.06. The van der Waals surface area contributed by atoms with Crippen molar-refractivity contribution in [1.82, 2.24) is 10.2 Å². The first-order valence-electron chi connectivity index (χ1n) is 8.76. The van der Waals surface area contributed by atoms with Crippen LogP contribution in [0.2, 0.25) is 0 Å². The zero-order valence-electron chi connectivity index (χ0n) is 13.4. The Bertz CT molecular complexity index is 341. The highest BCUT2D eigenvalue weighted by Gasteiger charge is 2.24. The van der Waals surface area contributed by atoms with Gasteiger partial charge in [0, 0.05) is 32.0 Å². The summed E-state index contributed by atoms with van der Waals surface area (Å²) in [5.74, 6) is 1.31. The van der Waals surface area contributed by atoms with Gasteiger partial charge < -0.3 is 10.2 Å². The Kier molecular flexibility index (Phi) is 6.52. The molecule has 1 saturated carbocycles. The van der Waals surface area contributed by atoms with Crippen LogP contribution in [-0.4, -0.2) is 36.3 Å². The Morgan fingerprint density at radius 2 is 1.62 bits per heavy atom. The Balaban J connectivity index is 1.67. The molecule has 4 nitrogen and oxygen atoms in total. The lowest BCUT2D eigenvalue weighted by atomic mass is 9.95. The number of hydrogen-bond donors (Lipinski definition) is 1. The smallest absolute Gasteiger partial charge is 0.223 e. The second-order valence-corrected chi connectivity index (χ2v) is 6.61. The zero-order chi connectivity index (χ0) is 15.1. The van der Waals surface area contributed by atoms with E-state index in [2.05, 4.69) is 5.32 Å². The highest BCUT2D eigenvalue weighted by molar-refractivity contribution is 5.78. The van der Waals surface area contributed by atoms with E-state index in [0.717, 1.165) is 45.3 Å².